The molecule has 0 amide bonds. The van der Waals surface area contributed by atoms with Crippen molar-refractivity contribution in [3.05, 3.63) is 70.3 Å². The second-order valence-electron chi connectivity index (χ2n) is 8.39. The Kier molecular flexibility index (Phi) is 5.98. The molecule has 9 nitrogen and oxygen atoms in total. The molecule has 5 atom stereocenters. The lowest BCUT2D eigenvalue weighted by Crippen LogP contribution is -2.60. The van der Waals surface area contributed by atoms with Crippen LogP contribution in [0, 0.1) is 0 Å². The molecule has 1 heterocycles. The van der Waals surface area contributed by atoms with Crippen molar-refractivity contribution in [1.29, 1.82) is 0 Å². The number of aliphatic hydroxyl groups excluding tert-OH is 3. The predicted octanol–water partition coefficient (Wildman–Crippen LogP) is 1.09. The monoisotopic (exact) mass is 456 g/mol. The fourth-order valence-electron chi connectivity index (χ4n) is 4.47. The summed E-state index contributed by atoms with van der Waals surface area (Å²) in [5.74, 6) is -3.03. The molecule has 0 bridgehead atoms. The van der Waals surface area contributed by atoms with E-state index in [1.807, 2.05) is 0 Å². The molecule has 0 aromatic heterocycles. The molecule has 5 N–H and O–H groups in total. The van der Waals surface area contributed by atoms with E-state index in [2.05, 4.69) is 0 Å². The lowest BCUT2D eigenvalue weighted by Gasteiger charge is -2.44. The molecule has 4 rings (SSSR count). The lowest BCUT2D eigenvalue weighted by molar-refractivity contribution is -0.286. The van der Waals surface area contributed by atoms with Crippen LogP contribution in [0.4, 0.5) is 0 Å². The highest BCUT2D eigenvalue weighted by molar-refractivity contribution is 6.16. The summed E-state index contributed by atoms with van der Waals surface area (Å²) in [5, 5.41) is 52.6. The number of ether oxygens (including phenoxy) is 2. The maximum atomic E-state index is 13.1. The molecule has 174 valence electrons. The van der Waals surface area contributed by atoms with Crippen LogP contribution in [0.15, 0.2) is 48.0 Å². The van der Waals surface area contributed by atoms with Gasteiger partial charge in [-0.3, -0.25) is 4.79 Å². The normalized spacial score (nSPS) is 26.8. The Morgan fingerprint density at radius 2 is 1.48 bits per heavy atom. The van der Waals surface area contributed by atoms with E-state index < -0.39 is 48.4 Å². The van der Waals surface area contributed by atoms with E-state index in [9.17, 15) is 35.1 Å². The smallest absolute Gasteiger partial charge is 0.331 e. The van der Waals surface area contributed by atoms with Crippen molar-refractivity contribution >= 4 is 11.8 Å². The number of ketones is 1. The molecule has 1 saturated heterocycles. The number of hydrogen-bond acceptors (Lipinski definition) is 9. The van der Waals surface area contributed by atoms with Gasteiger partial charge in [0.2, 0.25) is 5.78 Å². The maximum Gasteiger partial charge on any atom is 0.331 e. The zero-order chi connectivity index (χ0) is 24.0. The van der Waals surface area contributed by atoms with Gasteiger partial charge in [-0.15, -0.1) is 0 Å². The second kappa shape index (κ2) is 8.60. The van der Waals surface area contributed by atoms with E-state index in [0.29, 0.717) is 16.7 Å². The zero-order valence-corrected chi connectivity index (χ0v) is 17.9. The van der Waals surface area contributed by atoms with Crippen LogP contribution in [0.25, 0.3) is 0 Å². The molecule has 1 fully saturated rings. The van der Waals surface area contributed by atoms with Gasteiger partial charge in [0, 0.05) is 12.0 Å². The summed E-state index contributed by atoms with van der Waals surface area (Å²) >= 11 is 0. The summed E-state index contributed by atoms with van der Waals surface area (Å²) in [6.45, 7) is 3.34. The first-order valence-electron chi connectivity index (χ1n) is 10.4. The van der Waals surface area contributed by atoms with Crippen LogP contribution < -0.4 is 0 Å². The van der Waals surface area contributed by atoms with E-state index in [1.165, 1.54) is 30.3 Å². The minimum Gasteiger partial charge on any atom is -0.507 e. The fourth-order valence-corrected chi connectivity index (χ4v) is 4.47. The third-order valence-corrected chi connectivity index (χ3v) is 5.86. The average molecular weight is 456 g/mol. The van der Waals surface area contributed by atoms with Gasteiger partial charge in [-0.1, -0.05) is 29.8 Å². The zero-order valence-electron chi connectivity index (χ0n) is 17.9. The Morgan fingerprint density at radius 3 is 2.00 bits per heavy atom. The largest absolute Gasteiger partial charge is 0.507 e. The number of carbonyl (C=O) groups is 2. The number of phenols is 2. The molecule has 9 heteroatoms. The molecule has 0 saturated carbocycles. The number of aliphatic hydroxyl groups is 3. The Hall–Kier alpha value is -3.24. The van der Waals surface area contributed by atoms with Crippen molar-refractivity contribution in [2.45, 2.75) is 50.5 Å². The highest BCUT2D eigenvalue weighted by Crippen LogP contribution is 2.47. The van der Waals surface area contributed by atoms with Crippen LogP contribution in [0.3, 0.4) is 0 Å². The third-order valence-electron chi connectivity index (χ3n) is 5.86. The van der Waals surface area contributed by atoms with Gasteiger partial charge >= 0.3 is 5.97 Å². The Labute approximate surface area is 189 Å². The summed E-state index contributed by atoms with van der Waals surface area (Å²) in [6.07, 6.45) is -6.84. The third kappa shape index (κ3) is 3.89. The number of hydrogen-bond donors (Lipinski definition) is 5. The van der Waals surface area contributed by atoms with Crippen LogP contribution in [0.2, 0.25) is 0 Å². The topological polar surface area (TPSA) is 154 Å². The molecule has 5 unspecified atom stereocenters. The van der Waals surface area contributed by atoms with E-state index >= 15 is 0 Å². The molecular weight excluding hydrogens is 432 g/mol. The second-order valence-corrected chi connectivity index (χ2v) is 8.39. The van der Waals surface area contributed by atoms with Crippen molar-refractivity contribution < 1.29 is 44.6 Å². The fraction of sp³-hybridized carbons (Fsp3) is 0.333. The molecule has 1 aliphatic carbocycles. The summed E-state index contributed by atoms with van der Waals surface area (Å²) in [4.78, 5) is 25.3. The molecule has 2 aromatic rings. The van der Waals surface area contributed by atoms with E-state index in [0.717, 1.165) is 0 Å². The van der Waals surface area contributed by atoms with Gasteiger partial charge in [-0.25, -0.2) is 4.79 Å². The molecule has 2 aliphatic rings. The van der Waals surface area contributed by atoms with Crippen LogP contribution in [0.5, 0.6) is 11.5 Å². The number of benzene rings is 2. The Morgan fingerprint density at radius 1 is 0.939 bits per heavy atom. The number of aromatic hydroxyl groups is 2. The Bertz CT molecular complexity index is 1080. The van der Waals surface area contributed by atoms with Crippen LogP contribution in [-0.4, -0.2) is 68.0 Å². The van der Waals surface area contributed by atoms with Crippen molar-refractivity contribution in [2.75, 3.05) is 0 Å². The van der Waals surface area contributed by atoms with Gasteiger partial charge in [0.25, 0.3) is 0 Å². The molecule has 1 aliphatic heterocycles. The first-order valence-corrected chi connectivity index (χ1v) is 10.4. The van der Waals surface area contributed by atoms with Crippen molar-refractivity contribution in [3.63, 3.8) is 0 Å². The average Bonchev–Trinajstić information content (AvgIpc) is 2.74. The van der Waals surface area contributed by atoms with Gasteiger partial charge in [0.1, 0.15) is 29.8 Å². The molecule has 0 spiro atoms. The van der Waals surface area contributed by atoms with Crippen molar-refractivity contribution in [3.8, 4) is 11.5 Å². The molecule has 2 aromatic carbocycles. The molecule has 33 heavy (non-hydrogen) atoms. The van der Waals surface area contributed by atoms with Crippen molar-refractivity contribution in [1.82, 2.24) is 0 Å². The van der Waals surface area contributed by atoms with Gasteiger partial charge in [0.05, 0.1) is 11.1 Å². The number of phenolic OH excluding ortho intramolecular Hbond substituents is 2. The number of allylic oxidation sites excluding steroid dienone is 1. The molecular formula is C24H24O9. The highest BCUT2D eigenvalue weighted by Gasteiger charge is 2.51. The summed E-state index contributed by atoms with van der Waals surface area (Å²) in [7, 11) is 0. The van der Waals surface area contributed by atoms with E-state index in [4.69, 9.17) is 9.47 Å². The van der Waals surface area contributed by atoms with Gasteiger partial charge in [0.15, 0.2) is 12.4 Å². The maximum absolute atomic E-state index is 13.1. The molecule has 0 radical (unpaired) electrons. The van der Waals surface area contributed by atoms with Crippen molar-refractivity contribution in [2.24, 2.45) is 0 Å². The summed E-state index contributed by atoms with van der Waals surface area (Å²) in [5.41, 5.74) is 1.06. The summed E-state index contributed by atoms with van der Waals surface area (Å²) < 4.78 is 10.8. The van der Waals surface area contributed by atoms with Crippen LogP contribution >= 0.6 is 0 Å². The first kappa shape index (κ1) is 22.9. The predicted molar refractivity (Wildman–Crippen MR) is 114 cm³/mol. The Balaban J connectivity index is 1.83. The van der Waals surface area contributed by atoms with Gasteiger partial charge in [-0.2, -0.15) is 0 Å². The number of esters is 1. The van der Waals surface area contributed by atoms with E-state index in [-0.39, 0.29) is 22.6 Å². The number of fused-ring (bicyclic) bond motifs is 2. The minimum absolute atomic E-state index is 0.0778. The minimum atomic E-state index is -1.82. The number of carbonyl (C=O) groups excluding carboxylic acids is 2. The SMILES string of the molecule is CC(C)=CC(=O)OC1C(O)C(O)OC(C2c3cccc(O)c3C(=O)c3c(O)cccc32)C1O. The highest BCUT2D eigenvalue weighted by atomic mass is 16.6. The first-order chi connectivity index (χ1) is 15.6. The van der Waals surface area contributed by atoms with Crippen LogP contribution in [0.1, 0.15) is 46.8 Å². The van der Waals surface area contributed by atoms with Gasteiger partial charge in [-0.05, 0) is 37.1 Å². The standard InChI is InChI=1S/C24H24O9/c1-10(2)9-15(27)32-23-20(29)22(33-24(31)21(23)30)16-11-5-3-7-13(25)17(11)19(28)18-12(16)6-4-8-14(18)26/h3-9,16,20-26,29-31H,1-2H3. The lowest BCUT2D eigenvalue weighted by atomic mass is 9.72. The summed E-state index contributed by atoms with van der Waals surface area (Å²) in [6, 6.07) is 8.77. The quantitative estimate of drug-likeness (QED) is 0.337. The van der Waals surface area contributed by atoms with Crippen LogP contribution in [-0.2, 0) is 14.3 Å². The van der Waals surface area contributed by atoms with E-state index in [1.54, 1.807) is 26.0 Å². The number of rotatable bonds is 3. The van der Waals surface area contributed by atoms with Gasteiger partial charge < -0.3 is 35.0 Å².